The molecular formula is C20H30N2O3S2. The van der Waals surface area contributed by atoms with Gasteiger partial charge in [0.2, 0.25) is 0 Å². The lowest BCUT2D eigenvalue weighted by Crippen LogP contribution is -2.49. The summed E-state index contributed by atoms with van der Waals surface area (Å²) in [5.74, 6) is -0.232. The second kappa shape index (κ2) is 9.34. The molecule has 27 heavy (non-hydrogen) atoms. The van der Waals surface area contributed by atoms with E-state index in [9.17, 15) is 4.79 Å². The molecule has 1 aromatic heterocycles. The van der Waals surface area contributed by atoms with Crippen LogP contribution in [0.15, 0.2) is 0 Å². The van der Waals surface area contributed by atoms with E-state index < -0.39 is 0 Å². The summed E-state index contributed by atoms with van der Waals surface area (Å²) in [7, 11) is 0. The second-order valence-corrected chi connectivity index (χ2v) is 8.93. The van der Waals surface area contributed by atoms with Crippen LogP contribution < -0.4 is 5.32 Å². The van der Waals surface area contributed by atoms with E-state index in [2.05, 4.69) is 24.1 Å². The standard InChI is InChI=1S/C20H30N2O3S2/c1-4-24-19(23)17-15-9-7-5-6-8-10-16(15)27-18(17)21-20(26)22-11-13(2)25-14(3)12-22/h13-14H,4-12H2,1-3H3,(H,21,26). The first kappa shape index (κ1) is 20.6. The zero-order valence-corrected chi connectivity index (χ0v) is 18.1. The van der Waals surface area contributed by atoms with Crippen molar-refractivity contribution in [3.63, 3.8) is 0 Å². The highest BCUT2D eigenvalue weighted by molar-refractivity contribution is 7.80. The highest BCUT2D eigenvalue weighted by Crippen LogP contribution is 2.38. The van der Waals surface area contributed by atoms with Crippen LogP contribution in [0.3, 0.4) is 0 Å². The minimum absolute atomic E-state index is 0.140. The van der Waals surface area contributed by atoms with Crippen molar-refractivity contribution in [2.45, 2.75) is 71.5 Å². The van der Waals surface area contributed by atoms with Crippen LogP contribution in [-0.4, -0.2) is 47.9 Å². The topological polar surface area (TPSA) is 50.8 Å². The van der Waals surface area contributed by atoms with Gasteiger partial charge in [-0.3, -0.25) is 0 Å². The molecule has 2 aliphatic rings. The van der Waals surface area contributed by atoms with Gasteiger partial charge in [-0.25, -0.2) is 4.79 Å². The Labute approximate surface area is 171 Å². The third-order valence-corrected chi connectivity index (χ3v) is 6.65. The molecular weight excluding hydrogens is 380 g/mol. The van der Waals surface area contributed by atoms with E-state index in [0.29, 0.717) is 17.3 Å². The van der Waals surface area contributed by atoms with Crippen molar-refractivity contribution in [2.75, 3.05) is 25.0 Å². The number of hydrogen-bond donors (Lipinski definition) is 1. The predicted molar refractivity (Wildman–Crippen MR) is 114 cm³/mol. The minimum Gasteiger partial charge on any atom is -0.462 e. The number of carbonyl (C=O) groups is 1. The Morgan fingerprint density at radius 2 is 1.89 bits per heavy atom. The summed E-state index contributed by atoms with van der Waals surface area (Å²) >= 11 is 7.36. The zero-order valence-electron chi connectivity index (χ0n) is 16.5. The fraction of sp³-hybridized carbons (Fsp3) is 0.700. The van der Waals surface area contributed by atoms with Gasteiger partial charge in [-0.2, -0.15) is 0 Å². The number of ether oxygens (including phenoxy) is 2. The van der Waals surface area contributed by atoms with Gasteiger partial charge in [-0.1, -0.05) is 12.8 Å². The molecule has 2 atom stereocenters. The van der Waals surface area contributed by atoms with Gasteiger partial charge in [0.15, 0.2) is 5.11 Å². The molecule has 0 spiro atoms. The number of nitrogens with one attached hydrogen (secondary N) is 1. The van der Waals surface area contributed by atoms with Gasteiger partial charge in [0, 0.05) is 18.0 Å². The zero-order chi connectivity index (χ0) is 19.4. The molecule has 1 saturated heterocycles. The van der Waals surface area contributed by atoms with E-state index in [1.165, 1.54) is 29.7 Å². The van der Waals surface area contributed by atoms with Gasteiger partial charge in [0.05, 0.1) is 24.4 Å². The number of nitrogens with zero attached hydrogens (tertiary/aromatic N) is 1. The number of esters is 1. The van der Waals surface area contributed by atoms with E-state index in [1.54, 1.807) is 11.3 Å². The molecule has 1 aromatic rings. The SMILES string of the molecule is CCOC(=O)c1c(NC(=S)N2CC(C)OC(C)C2)sc2c1CCCCCC2. The Morgan fingerprint density at radius 1 is 1.22 bits per heavy atom. The lowest BCUT2D eigenvalue weighted by Gasteiger charge is -2.36. The second-order valence-electron chi connectivity index (χ2n) is 7.44. The maximum Gasteiger partial charge on any atom is 0.341 e. The lowest BCUT2D eigenvalue weighted by atomic mass is 9.96. The Balaban J connectivity index is 1.85. The Kier molecular flexibility index (Phi) is 7.11. The largest absolute Gasteiger partial charge is 0.462 e. The number of aryl methyl sites for hydroxylation is 1. The third-order valence-electron chi connectivity index (χ3n) is 5.08. The summed E-state index contributed by atoms with van der Waals surface area (Å²) in [6.45, 7) is 7.87. The van der Waals surface area contributed by atoms with Crippen LogP contribution in [0.25, 0.3) is 0 Å². The van der Waals surface area contributed by atoms with Crippen LogP contribution in [0, 0.1) is 0 Å². The number of hydrogen-bond acceptors (Lipinski definition) is 5. The van der Waals surface area contributed by atoms with Crippen molar-refractivity contribution in [1.29, 1.82) is 0 Å². The van der Waals surface area contributed by atoms with Crippen molar-refractivity contribution >= 4 is 39.6 Å². The first-order valence-corrected chi connectivity index (χ1v) is 11.2. The molecule has 150 valence electrons. The number of thiophene rings is 1. The van der Waals surface area contributed by atoms with Crippen LogP contribution >= 0.6 is 23.6 Å². The molecule has 3 rings (SSSR count). The van der Waals surface area contributed by atoms with E-state index in [0.717, 1.165) is 37.4 Å². The Morgan fingerprint density at radius 3 is 2.56 bits per heavy atom. The first-order chi connectivity index (χ1) is 13.0. The van der Waals surface area contributed by atoms with Gasteiger partial charge in [-0.05, 0) is 64.2 Å². The molecule has 1 N–H and O–H groups in total. The average Bonchev–Trinajstić information content (AvgIpc) is 2.90. The van der Waals surface area contributed by atoms with Crippen molar-refractivity contribution < 1.29 is 14.3 Å². The van der Waals surface area contributed by atoms with Crippen LogP contribution in [0.5, 0.6) is 0 Å². The molecule has 0 amide bonds. The van der Waals surface area contributed by atoms with Gasteiger partial charge < -0.3 is 19.7 Å². The molecule has 7 heteroatoms. The highest BCUT2D eigenvalue weighted by Gasteiger charge is 2.28. The van der Waals surface area contributed by atoms with Crippen molar-refractivity contribution in [2.24, 2.45) is 0 Å². The molecule has 1 fully saturated rings. The van der Waals surface area contributed by atoms with E-state index in [4.69, 9.17) is 21.7 Å². The van der Waals surface area contributed by atoms with Gasteiger partial charge in [0.1, 0.15) is 5.00 Å². The van der Waals surface area contributed by atoms with Crippen molar-refractivity contribution in [3.8, 4) is 0 Å². The molecule has 1 aliphatic heterocycles. The smallest absolute Gasteiger partial charge is 0.341 e. The third kappa shape index (κ3) is 5.00. The van der Waals surface area contributed by atoms with Gasteiger partial charge in [-0.15, -0.1) is 11.3 Å². The quantitative estimate of drug-likeness (QED) is 0.589. The molecule has 0 saturated carbocycles. The van der Waals surface area contributed by atoms with Crippen molar-refractivity contribution in [1.82, 2.24) is 4.90 Å². The monoisotopic (exact) mass is 410 g/mol. The number of carbonyl (C=O) groups excluding carboxylic acids is 1. The molecule has 5 nitrogen and oxygen atoms in total. The number of anilines is 1. The first-order valence-electron chi connectivity index (χ1n) is 10.0. The molecule has 2 unspecified atom stereocenters. The molecule has 0 bridgehead atoms. The summed E-state index contributed by atoms with van der Waals surface area (Å²) < 4.78 is 11.2. The molecule has 0 radical (unpaired) electrons. The van der Waals surface area contributed by atoms with E-state index in [-0.39, 0.29) is 18.2 Å². The van der Waals surface area contributed by atoms with Crippen LogP contribution in [-0.2, 0) is 22.3 Å². The van der Waals surface area contributed by atoms with Crippen LogP contribution in [0.1, 0.15) is 67.3 Å². The minimum atomic E-state index is -0.232. The van der Waals surface area contributed by atoms with Crippen LogP contribution in [0.4, 0.5) is 5.00 Å². The normalized spacial score (nSPS) is 23.1. The molecule has 0 aromatic carbocycles. The maximum absolute atomic E-state index is 12.7. The summed E-state index contributed by atoms with van der Waals surface area (Å²) in [6, 6.07) is 0. The number of morpholine rings is 1. The summed E-state index contributed by atoms with van der Waals surface area (Å²) in [5, 5.41) is 4.89. The summed E-state index contributed by atoms with van der Waals surface area (Å²) in [6.07, 6.45) is 7.05. The van der Waals surface area contributed by atoms with E-state index >= 15 is 0 Å². The fourth-order valence-corrected chi connectivity index (χ4v) is 5.54. The fourth-order valence-electron chi connectivity index (χ4n) is 3.95. The molecule has 1 aliphatic carbocycles. The predicted octanol–water partition coefficient (Wildman–Crippen LogP) is 4.39. The maximum atomic E-state index is 12.7. The Bertz CT molecular complexity index is 679. The number of thiocarbonyl (C=S) groups is 1. The lowest BCUT2D eigenvalue weighted by molar-refractivity contribution is -0.0473. The summed E-state index contributed by atoms with van der Waals surface area (Å²) in [4.78, 5) is 16.2. The average molecular weight is 411 g/mol. The summed E-state index contributed by atoms with van der Waals surface area (Å²) in [5.41, 5.74) is 1.88. The number of fused-ring (bicyclic) bond motifs is 1. The highest BCUT2D eigenvalue weighted by atomic mass is 32.1. The Hall–Kier alpha value is -1.18. The number of rotatable bonds is 3. The molecule has 2 heterocycles. The van der Waals surface area contributed by atoms with Crippen molar-refractivity contribution in [3.05, 3.63) is 16.0 Å². The van der Waals surface area contributed by atoms with Gasteiger partial charge >= 0.3 is 5.97 Å². The van der Waals surface area contributed by atoms with Crippen LogP contribution in [0.2, 0.25) is 0 Å². The van der Waals surface area contributed by atoms with Gasteiger partial charge in [0.25, 0.3) is 0 Å². The van der Waals surface area contributed by atoms with E-state index in [1.807, 2.05) is 6.92 Å².